The Balaban J connectivity index is 2.52. The van der Waals surface area contributed by atoms with Crippen LogP contribution in [0.2, 0.25) is 0 Å². The zero-order valence-corrected chi connectivity index (χ0v) is 7.93. The number of halogens is 1. The first-order valence-electron chi connectivity index (χ1n) is 3.96. The molecule has 13 heavy (non-hydrogen) atoms. The Morgan fingerprint density at radius 1 is 1.62 bits per heavy atom. The average Bonchev–Trinajstić information content (AvgIpc) is 2.71. The van der Waals surface area contributed by atoms with Gasteiger partial charge in [0.2, 0.25) is 0 Å². The molecule has 68 valence electrons. The maximum atomic E-state index is 5.79. The number of hydrogen-bond donors (Lipinski definition) is 1. The van der Waals surface area contributed by atoms with Crippen molar-refractivity contribution in [3.05, 3.63) is 29.7 Å². The van der Waals surface area contributed by atoms with Gasteiger partial charge in [0.1, 0.15) is 5.69 Å². The molecular weight excluding hydrogens is 188 g/mol. The maximum absolute atomic E-state index is 5.79. The van der Waals surface area contributed by atoms with Crippen LogP contribution in [0.4, 0.5) is 0 Å². The minimum absolute atomic E-state index is 0.443. The monoisotopic (exact) mass is 196 g/mol. The van der Waals surface area contributed by atoms with Crippen molar-refractivity contribution < 1.29 is 4.42 Å². The molecular formula is C9H9ClN2O. The molecule has 0 aromatic carbocycles. The summed E-state index contributed by atoms with van der Waals surface area (Å²) in [5, 5.41) is 7.01. The normalized spacial score (nSPS) is 10.6. The van der Waals surface area contributed by atoms with Crippen molar-refractivity contribution >= 4 is 11.6 Å². The summed E-state index contributed by atoms with van der Waals surface area (Å²) in [6.45, 7) is 1.94. The first kappa shape index (κ1) is 8.38. The van der Waals surface area contributed by atoms with Crippen molar-refractivity contribution in [3.8, 4) is 11.5 Å². The van der Waals surface area contributed by atoms with E-state index in [1.165, 1.54) is 0 Å². The van der Waals surface area contributed by atoms with E-state index in [4.69, 9.17) is 16.0 Å². The molecule has 0 radical (unpaired) electrons. The number of furan rings is 1. The number of aromatic nitrogens is 2. The van der Waals surface area contributed by atoms with E-state index in [-0.39, 0.29) is 0 Å². The van der Waals surface area contributed by atoms with Crippen LogP contribution in [0.1, 0.15) is 11.3 Å². The van der Waals surface area contributed by atoms with Crippen molar-refractivity contribution in [1.82, 2.24) is 10.2 Å². The van der Waals surface area contributed by atoms with E-state index in [9.17, 15) is 0 Å². The van der Waals surface area contributed by atoms with Crippen molar-refractivity contribution in [2.24, 2.45) is 0 Å². The standard InChI is InChI=1S/C9H9ClN2O/c1-6-7(5-10)9(12-11-6)8-3-2-4-13-8/h2-4H,5H2,1H3,(H,11,12). The fraction of sp³-hybridized carbons (Fsp3) is 0.222. The topological polar surface area (TPSA) is 41.8 Å². The molecule has 3 nitrogen and oxygen atoms in total. The van der Waals surface area contributed by atoms with Crippen LogP contribution in [-0.2, 0) is 5.88 Å². The minimum atomic E-state index is 0.443. The number of H-pyrrole nitrogens is 1. The molecule has 0 atom stereocenters. The van der Waals surface area contributed by atoms with Crippen molar-refractivity contribution in [1.29, 1.82) is 0 Å². The summed E-state index contributed by atoms with van der Waals surface area (Å²) in [5.74, 6) is 1.19. The van der Waals surface area contributed by atoms with E-state index in [1.54, 1.807) is 6.26 Å². The highest BCUT2D eigenvalue weighted by Gasteiger charge is 2.12. The molecule has 0 spiro atoms. The second-order valence-electron chi connectivity index (χ2n) is 2.79. The summed E-state index contributed by atoms with van der Waals surface area (Å²) in [4.78, 5) is 0. The summed E-state index contributed by atoms with van der Waals surface area (Å²) < 4.78 is 5.23. The van der Waals surface area contributed by atoms with Gasteiger partial charge in [-0.2, -0.15) is 5.10 Å². The molecule has 0 bridgehead atoms. The van der Waals surface area contributed by atoms with Crippen LogP contribution in [0.5, 0.6) is 0 Å². The van der Waals surface area contributed by atoms with E-state index in [2.05, 4.69) is 10.2 Å². The first-order chi connectivity index (χ1) is 6.33. The van der Waals surface area contributed by atoms with E-state index in [0.717, 1.165) is 22.7 Å². The van der Waals surface area contributed by atoms with Gasteiger partial charge in [-0.05, 0) is 19.1 Å². The lowest BCUT2D eigenvalue weighted by molar-refractivity contribution is 0.579. The highest BCUT2D eigenvalue weighted by molar-refractivity contribution is 6.17. The van der Waals surface area contributed by atoms with Gasteiger partial charge in [-0.3, -0.25) is 5.10 Å². The summed E-state index contributed by atoms with van der Waals surface area (Å²) in [7, 11) is 0. The van der Waals surface area contributed by atoms with Gasteiger partial charge in [0.05, 0.1) is 12.1 Å². The second kappa shape index (κ2) is 3.26. The van der Waals surface area contributed by atoms with Crippen LogP contribution in [0, 0.1) is 6.92 Å². The van der Waals surface area contributed by atoms with Crippen molar-refractivity contribution in [2.75, 3.05) is 0 Å². The Labute approximate surface area is 80.7 Å². The number of nitrogens with zero attached hydrogens (tertiary/aromatic N) is 1. The van der Waals surface area contributed by atoms with Gasteiger partial charge < -0.3 is 4.42 Å². The molecule has 0 fully saturated rings. The van der Waals surface area contributed by atoms with Crippen LogP contribution in [0.25, 0.3) is 11.5 Å². The fourth-order valence-electron chi connectivity index (χ4n) is 1.23. The Hall–Kier alpha value is -1.22. The van der Waals surface area contributed by atoms with Crippen molar-refractivity contribution in [3.63, 3.8) is 0 Å². The second-order valence-corrected chi connectivity index (χ2v) is 3.05. The minimum Gasteiger partial charge on any atom is -0.463 e. The Morgan fingerprint density at radius 3 is 3.08 bits per heavy atom. The Bertz CT molecular complexity index is 392. The van der Waals surface area contributed by atoms with Crippen LogP contribution in [0.15, 0.2) is 22.8 Å². The van der Waals surface area contributed by atoms with E-state index < -0.39 is 0 Å². The quantitative estimate of drug-likeness (QED) is 0.751. The molecule has 0 aliphatic rings. The third kappa shape index (κ3) is 1.35. The lowest BCUT2D eigenvalue weighted by Crippen LogP contribution is -1.82. The van der Waals surface area contributed by atoms with E-state index in [0.29, 0.717) is 5.88 Å². The molecule has 2 aromatic heterocycles. The lowest BCUT2D eigenvalue weighted by atomic mass is 10.2. The number of rotatable bonds is 2. The van der Waals surface area contributed by atoms with Crippen LogP contribution >= 0.6 is 11.6 Å². The van der Waals surface area contributed by atoms with E-state index >= 15 is 0 Å². The maximum Gasteiger partial charge on any atom is 0.154 e. The molecule has 0 aliphatic heterocycles. The van der Waals surface area contributed by atoms with Crippen molar-refractivity contribution in [2.45, 2.75) is 12.8 Å². The molecule has 4 heteroatoms. The molecule has 0 aliphatic carbocycles. The number of aromatic amines is 1. The smallest absolute Gasteiger partial charge is 0.154 e. The number of hydrogen-bond acceptors (Lipinski definition) is 2. The predicted octanol–water partition coefficient (Wildman–Crippen LogP) is 2.72. The number of alkyl halides is 1. The Kier molecular flexibility index (Phi) is 2.10. The Morgan fingerprint density at radius 2 is 2.46 bits per heavy atom. The summed E-state index contributed by atoms with van der Waals surface area (Å²) in [6.07, 6.45) is 1.62. The molecule has 0 saturated heterocycles. The molecule has 1 N–H and O–H groups in total. The molecule has 0 amide bonds. The third-order valence-electron chi connectivity index (χ3n) is 1.96. The fourth-order valence-corrected chi connectivity index (χ4v) is 1.56. The molecule has 2 heterocycles. The molecule has 2 aromatic rings. The average molecular weight is 197 g/mol. The highest BCUT2D eigenvalue weighted by atomic mass is 35.5. The largest absolute Gasteiger partial charge is 0.463 e. The van der Waals surface area contributed by atoms with Gasteiger partial charge in [-0.25, -0.2) is 0 Å². The zero-order chi connectivity index (χ0) is 9.26. The summed E-state index contributed by atoms with van der Waals surface area (Å²) >= 11 is 5.79. The summed E-state index contributed by atoms with van der Waals surface area (Å²) in [6, 6.07) is 3.70. The lowest BCUT2D eigenvalue weighted by Gasteiger charge is -1.94. The molecule has 0 unspecified atom stereocenters. The third-order valence-corrected chi connectivity index (χ3v) is 2.23. The summed E-state index contributed by atoms with van der Waals surface area (Å²) in [5.41, 5.74) is 2.79. The van der Waals surface area contributed by atoms with Gasteiger partial charge in [-0.15, -0.1) is 11.6 Å². The molecule has 2 rings (SSSR count). The van der Waals surface area contributed by atoms with Gasteiger partial charge >= 0.3 is 0 Å². The number of nitrogens with one attached hydrogen (secondary N) is 1. The molecule has 0 saturated carbocycles. The highest BCUT2D eigenvalue weighted by Crippen LogP contribution is 2.24. The predicted molar refractivity (Wildman–Crippen MR) is 50.6 cm³/mol. The van der Waals surface area contributed by atoms with Gasteiger partial charge in [0.25, 0.3) is 0 Å². The SMILES string of the molecule is Cc1[nH]nc(-c2ccco2)c1CCl. The zero-order valence-electron chi connectivity index (χ0n) is 7.17. The van der Waals surface area contributed by atoms with Crippen LogP contribution < -0.4 is 0 Å². The van der Waals surface area contributed by atoms with Gasteiger partial charge in [0.15, 0.2) is 5.76 Å². The number of aryl methyl sites for hydroxylation is 1. The van der Waals surface area contributed by atoms with Gasteiger partial charge in [0, 0.05) is 11.3 Å². The van der Waals surface area contributed by atoms with Crippen LogP contribution in [-0.4, -0.2) is 10.2 Å². The van der Waals surface area contributed by atoms with Gasteiger partial charge in [-0.1, -0.05) is 0 Å². The first-order valence-corrected chi connectivity index (χ1v) is 4.50. The van der Waals surface area contributed by atoms with Crippen LogP contribution in [0.3, 0.4) is 0 Å². The van der Waals surface area contributed by atoms with E-state index in [1.807, 2.05) is 19.1 Å².